The summed E-state index contributed by atoms with van der Waals surface area (Å²) in [6.07, 6.45) is 0.988. The summed E-state index contributed by atoms with van der Waals surface area (Å²) < 4.78 is 26.1. The van der Waals surface area contributed by atoms with Crippen molar-refractivity contribution >= 4 is 15.7 Å². The summed E-state index contributed by atoms with van der Waals surface area (Å²) >= 11 is 0. The van der Waals surface area contributed by atoms with Crippen molar-refractivity contribution in [2.45, 2.75) is 52.7 Å². The standard InChI is InChI=1S/C17H28N4O3S/c1-5-6-19-7-8-20(16-11-25(23,24)10-15(16)19)17(22)9-21-14(4)12(2)13(3)18-21/h15-16H,5-11H2,1-4H3/t15-,16+/m0/s1. The number of carbonyl (C=O) groups excluding carboxylic acids is 1. The van der Waals surface area contributed by atoms with E-state index < -0.39 is 9.84 Å². The third-order valence-electron chi connectivity index (χ3n) is 5.65. The normalized spacial score (nSPS) is 26.0. The number of hydrogen-bond donors (Lipinski definition) is 0. The van der Waals surface area contributed by atoms with Crippen LogP contribution in [0.15, 0.2) is 0 Å². The smallest absolute Gasteiger partial charge is 0.244 e. The van der Waals surface area contributed by atoms with Crippen LogP contribution < -0.4 is 0 Å². The summed E-state index contributed by atoms with van der Waals surface area (Å²) in [6, 6.07) is -0.291. The number of sulfone groups is 1. The minimum Gasteiger partial charge on any atom is -0.334 e. The van der Waals surface area contributed by atoms with Gasteiger partial charge in [-0.2, -0.15) is 5.10 Å². The molecule has 8 heteroatoms. The van der Waals surface area contributed by atoms with Gasteiger partial charge in [0, 0.05) is 24.8 Å². The number of fused-ring (bicyclic) bond motifs is 1. The molecule has 1 amide bonds. The van der Waals surface area contributed by atoms with Gasteiger partial charge in [0.25, 0.3) is 0 Å². The molecule has 0 aliphatic carbocycles. The monoisotopic (exact) mass is 368 g/mol. The first-order valence-electron chi connectivity index (χ1n) is 8.98. The Kier molecular flexibility index (Phi) is 4.94. The fraction of sp³-hybridized carbons (Fsp3) is 0.765. The van der Waals surface area contributed by atoms with Crippen LogP contribution in [0.2, 0.25) is 0 Å². The second-order valence-electron chi connectivity index (χ2n) is 7.29. The Labute approximate surface area is 149 Å². The zero-order valence-electron chi connectivity index (χ0n) is 15.5. The van der Waals surface area contributed by atoms with Crippen LogP contribution in [-0.4, -0.2) is 77.1 Å². The van der Waals surface area contributed by atoms with E-state index in [0.29, 0.717) is 6.54 Å². The van der Waals surface area contributed by atoms with Crippen LogP contribution in [0.4, 0.5) is 0 Å². The molecule has 3 heterocycles. The van der Waals surface area contributed by atoms with Gasteiger partial charge in [0.15, 0.2) is 9.84 Å². The van der Waals surface area contributed by atoms with E-state index in [2.05, 4.69) is 16.9 Å². The van der Waals surface area contributed by atoms with E-state index in [1.54, 1.807) is 9.58 Å². The molecule has 2 aliphatic rings. The number of piperazine rings is 1. The molecule has 7 nitrogen and oxygen atoms in total. The molecule has 1 aromatic rings. The molecule has 0 spiro atoms. The minimum absolute atomic E-state index is 0.0335. The Balaban J connectivity index is 1.79. The summed E-state index contributed by atoms with van der Waals surface area (Å²) in [6.45, 7) is 10.4. The number of amides is 1. The maximum Gasteiger partial charge on any atom is 0.244 e. The minimum atomic E-state index is -3.09. The second-order valence-corrected chi connectivity index (χ2v) is 9.44. The average Bonchev–Trinajstić information content (AvgIpc) is 2.99. The highest BCUT2D eigenvalue weighted by Gasteiger charge is 2.47. The Morgan fingerprint density at radius 3 is 2.44 bits per heavy atom. The van der Waals surface area contributed by atoms with Gasteiger partial charge in [-0.05, 0) is 39.3 Å². The Morgan fingerprint density at radius 2 is 1.84 bits per heavy atom. The molecule has 1 aromatic heterocycles. The highest BCUT2D eigenvalue weighted by Crippen LogP contribution is 2.27. The quantitative estimate of drug-likeness (QED) is 0.775. The molecular weight excluding hydrogens is 340 g/mol. The number of nitrogens with zero attached hydrogens (tertiary/aromatic N) is 4. The van der Waals surface area contributed by atoms with Crippen molar-refractivity contribution in [3.63, 3.8) is 0 Å². The lowest BCUT2D eigenvalue weighted by Crippen LogP contribution is -2.61. The maximum absolute atomic E-state index is 12.9. The summed E-state index contributed by atoms with van der Waals surface area (Å²) in [5, 5.41) is 4.44. The van der Waals surface area contributed by atoms with E-state index in [4.69, 9.17) is 0 Å². The van der Waals surface area contributed by atoms with E-state index in [0.717, 1.165) is 36.5 Å². The first kappa shape index (κ1) is 18.4. The molecule has 0 unspecified atom stereocenters. The lowest BCUT2D eigenvalue weighted by Gasteiger charge is -2.43. The van der Waals surface area contributed by atoms with Crippen LogP contribution in [0.25, 0.3) is 0 Å². The second kappa shape index (κ2) is 6.72. The van der Waals surface area contributed by atoms with Gasteiger partial charge in [0.1, 0.15) is 6.54 Å². The predicted octanol–water partition coefficient (Wildman–Crippen LogP) is 0.528. The summed E-state index contributed by atoms with van der Waals surface area (Å²) in [5.41, 5.74) is 3.02. The zero-order valence-corrected chi connectivity index (χ0v) is 16.3. The van der Waals surface area contributed by atoms with Gasteiger partial charge >= 0.3 is 0 Å². The predicted molar refractivity (Wildman–Crippen MR) is 96.2 cm³/mol. The van der Waals surface area contributed by atoms with E-state index in [1.807, 2.05) is 20.8 Å². The van der Waals surface area contributed by atoms with E-state index in [1.165, 1.54) is 0 Å². The van der Waals surface area contributed by atoms with Crippen LogP contribution in [0.5, 0.6) is 0 Å². The van der Waals surface area contributed by atoms with Crippen LogP contribution in [-0.2, 0) is 21.2 Å². The Hall–Kier alpha value is -1.41. The van der Waals surface area contributed by atoms with Gasteiger partial charge in [0.05, 0.1) is 23.2 Å². The molecule has 0 radical (unpaired) electrons. The molecule has 0 N–H and O–H groups in total. The van der Waals surface area contributed by atoms with Crippen molar-refractivity contribution in [2.24, 2.45) is 0 Å². The maximum atomic E-state index is 12.9. The van der Waals surface area contributed by atoms with Gasteiger partial charge in [-0.15, -0.1) is 0 Å². The number of hydrogen-bond acceptors (Lipinski definition) is 5. The number of rotatable bonds is 4. The largest absolute Gasteiger partial charge is 0.334 e. The topological polar surface area (TPSA) is 75.5 Å². The van der Waals surface area contributed by atoms with Gasteiger partial charge in [-0.3, -0.25) is 14.4 Å². The average molecular weight is 369 g/mol. The van der Waals surface area contributed by atoms with Crippen molar-refractivity contribution in [3.05, 3.63) is 17.0 Å². The number of aryl methyl sites for hydroxylation is 1. The third-order valence-corrected chi connectivity index (χ3v) is 7.35. The Bertz CT molecular complexity index is 771. The third kappa shape index (κ3) is 3.46. The van der Waals surface area contributed by atoms with Crippen LogP contribution in [0.3, 0.4) is 0 Å². The van der Waals surface area contributed by atoms with E-state index in [-0.39, 0.29) is 36.0 Å². The van der Waals surface area contributed by atoms with Gasteiger partial charge in [-0.1, -0.05) is 6.92 Å². The molecule has 0 saturated carbocycles. The van der Waals surface area contributed by atoms with Crippen molar-refractivity contribution in [1.29, 1.82) is 0 Å². The molecule has 0 bridgehead atoms. The van der Waals surface area contributed by atoms with Crippen molar-refractivity contribution in [2.75, 3.05) is 31.1 Å². The fourth-order valence-corrected chi connectivity index (χ4v) is 6.07. The first-order valence-corrected chi connectivity index (χ1v) is 10.8. The van der Waals surface area contributed by atoms with Gasteiger partial charge in [0.2, 0.25) is 5.91 Å². The molecule has 2 saturated heterocycles. The molecular formula is C17H28N4O3S. The van der Waals surface area contributed by atoms with Crippen LogP contribution in [0, 0.1) is 20.8 Å². The molecule has 2 aliphatic heterocycles. The summed E-state index contributed by atoms with van der Waals surface area (Å²) in [5.74, 6) is 0.217. The van der Waals surface area contributed by atoms with Crippen LogP contribution >= 0.6 is 0 Å². The van der Waals surface area contributed by atoms with Crippen molar-refractivity contribution < 1.29 is 13.2 Å². The van der Waals surface area contributed by atoms with Gasteiger partial charge in [-0.25, -0.2) is 8.42 Å². The SMILES string of the molecule is CCCN1CCN(C(=O)Cn2nc(C)c(C)c2C)[C@@H]2CS(=O)(=O)C[C@@H]21. The summed E-state index contributed by atoms with van der Waals surface area (Å²) in [7, 11) is -3.09. The molecule has 25 heavy (non-hydrogen) atoms. The lowest BCUT2D eigenvalue weighted by atomic mass is 10.0. The molecule has 140 valence electrons. The van der Waals surface area contributed by atoms with Gasteiger partial charge < -0.3 is 4.90 Å². The molecule has 0 aromatic carbocycles. The highest BCUT2D eigenvalue weighted by atomic mass is 32.2. The summed E-state index contributed by atoms with van der Waals surface area (Å²) in [4.78, 5) is 16.9. The molecule has 3 rings (SSSR count). The van der Waals surface area contributed by atoms with E-state index in [9.17, 15) is 13.2 Å². The van der Waals surface area contributed by atoms with Crippen molar-refractivity contribution in [1.82, 2.24) is 19.6 Å². The molecule has 2 fully saturated rings. The highest BCUT2D eigenvalue weighted by molar-refractivity contribution is 7.91. The van der Waals surface area contributed by atoms with Crippen LogP contribution in [0.1, 0.15) is 30.3 Å². The number of aromatic nitrogens is 2. The zero-order chi connectivity index (χ0) is 18.4. The van der Waals surface area contributed by atoms with Crippen molar-refractivity contribution in [3.8, 4) is 0 Å². The lowest BCUT2D eigenvalue weighted by molar-refractivity contribution is -0.137. The molecule has 2 atom stereocenters. The fourth-order valence-electron chi connectivity index (χ4n) is 4.06. The number of carbonyl (C=O) groups is 1. The van der Waals surface area contributed by atoms with E-state index >= 15 is 0 Å². The Morgan fingerprint density at radius 1 is 1.16 bits per heavy atom. The first-order chi connectivity index (χ1) is 11.7.